The Hall–Kier alpha value is -3.58. The van der Waals surface area contributed by atoms with Crippen molar-refractivity contribution < 1.29 is 23.5 Å². The molecule has 0 fully saturated rings. The minimum atomic E-state index is -0.888. The number of hydrogen-bond donors (Lipinski definition) is 2. The third-order valence-electron chi connectivity index (χ3n) is 4.63. The van der Waals surface area contributed by atoms with Crippen LogP contribution in [0.1, 0.15) is 17.2 Å². The standard InChI is InChI=1S/C24H22F2N2O3/c25-19-11-17(12-20(26)14-19)13-24(31)28(21-9-5-2-6-10-21)16-23(30)27-15-22(29)18-7-3-1-4-8-18/h1-12,14,22,29H,13,15-16H2,(H,27,30). The number of halogens is 2. The first-order valence-corrected chi connectivity index (χ1v) is 9.72. The van der Waals surface area contributed by atoms with Crippen LogP contribution in [-0.4, -0.2) is 30.0 Å². The van der Waals surface area contributed by atoms with Gasteiger partial charge in [-0.15, -0.1) is 0 Å². The first kappa shape index (κ1) is 22.1. The van der Waals surface area contributed by atoms with Crippen LogP contribution in [0.5, 0.6) is 0 Å². The lowest BCUT2D eigenvalue weighted by atomic mass is 10.1. The van der Waals surface area contributed by atoms with Crippen LogP contribution in [-0.2, 0) is 16.0 Å². The molecule has 1 unspecified atom stereocenters. The summed E-state index contributed by atoms with van der Waals surface area (Å²) >= 11 is 0. The molecule has 3 rings (SSSR count). The lowest BCUT2D eigenvalue weighted by Gasteiger charge is -2.23. The van der Waals surface area contributed by atoms with E-state index in [-0.39, 0.29) is 25.1 Å². The van der Waals surface area contributed by atoms with E-state index in [4.69, 9.17) is 0 Å². The third-order valence-corrected chi connectivity index (χ3v) is 4.63. The fourth-order valence-electron chi connectivity index (χ4n) is 3.12. The number of nitrogens with one attached hydrogen (secondary N) is 1. The van der Waals surface area contributed by atoms with E-state index in [1.807, 2.05) is 6.07 Å². The highest BCUT2D eigenvalue weighted by molar-refractivity contribution is 5.99. The number of hydrogen-bond acceptors (Lipinski definition) is 3. The molecule has 5 nitrogen and oxygen atoms in total. The molecule has 0 aliphatic heterocycles. The first-order chi connectivity index (χ1) is 14.9. The Labute approximate surface area is 178 Å². The van der Waals surface area contributed by atoms with Crippen molar-refractivity contribution in [2.75, 3.05) is 18.0 Å². The third kappa shape index (κ3) is 6.45. The molecule has 0 aliphatic rings. The minimum Gasteiger partial charge on any atom is -0.387 e. The number of carbonyl (C=O) groups is 2. The van der Waals surface area contributed by atoms with E-state index in [2.05, 4.69) is 5.32 Å². The summed E-state index contributed by atoms with van der Waals surface area (Å²) in [4.78, 5) is 26.6. The van der Waals surface area contributed by atoms with Crippen molar-refractivity contribution in [3.8, 4) is 0 Å². The Morgan fingerprint density at radius 1 is 0.903 bits per heavy atom. The molecular weight excluding hydrogens is 402 g/mol. The van der Waals surface area contributed by atoms with Gasteiger partial charge in [0.25, 0.3) is 0 Å². The Morgan fingerprint density at radius 3 is 2.10 bits per heavy atom. The fourth-order valence-corrected chi connectivity index (χ4v) is 3.12. The van der Waals surface area contributed by atoms with E-state index in [0.29, 0.717) is 11.3 Å². The lowest BCUT2D eigenvalue weighted by Crippen LogP contribution is -2.42. The molecular formula is C24H22F2N2O3. The molecule has 1 atom stereocenters. The van der Waals surface area contributed by atoms with Crippen molar-refractivity contribution in [1.82, 2.24) is 5.32 Å². The highest BCUT2D eigenvalue weighted by atomic mass is 19.1. The van der Waals surface area contributed by atoms with Gasteiger partial charge < -0.3 is 15.3 Å². The van der Waals surface area contributed by atoms with Crippen molar-refractivity contribution in [2.45, 2.75) is 12.5 Å². The Balaban J connectivity index is 1.68. The van der Waals surface area contributed by atoms with Gasteiger partial charge in [-0.3, -0.25) is 9.59 Å². The molecule has 0 saturated carbocycles. The summed E-state index contributed by atoms with van der Waals surface area (Å²) in [6.07, 6.45) is -1.16. The molecule has 0 aromatic heterocycles. The molecule has 7 heteroatoms. The van der Waals surface area contributed by atoms with Gasteiger partial charge in [0.2, 0.25) is 11.8 Å². The zero-order valence-electron chi connectivity index (χ0n) is 16.7. The molecule has 0 spiro atoms. The van der Waals surface area contributed by atoms with Crippen LogP contribution in [0.3, 0.4) is 0 Å². The lowest BCUT2D eigenvalue weighted by molar-refractivity contribution is -0.123. The average Bonchev–Trinajstić information content (AvgIpc) is 2.76. The maximum atomic E-state index is 13.5. The zero-order chi connectivity index (χ0) is 22.2. The fraction of sp³-hybridized carbons (Fsp3) is 0.167. The van der Waals surface area contributed by atoms with Gasteiger partial charge in [0, 0.05) is 18.3 Å². The predicted molar refractivity (Wildman–Crippen MR) is 113 cm³/mol. The van der Waals surface area contributed by atoms with Crippen molar-refractivity contribution in [2.24, 2.45) is 0 Å². The number of benzene rings is 3. The quantitative estimate of drug-likeness (QED) is 0.583. The Bertz CT molecular complexity index is 1010. The summed E-state index contributed by atoms with van der Waals surface area (Å²) in [5.74, 6) is -2.52. The molecule has 0 bridgehead atoms. The second-order valence-electron chi connectivity index (χ2n) is 7.00. The van der Waals surface area contributed by atoms with Gasteiger partial charge in [-0.1, -0.05) is 48.5 Å². The number of anilines is 1. The van der Waals surface area contributed by atoms with Gasteiger partial charge in [-0.2, -0.15) is 0 Å². The maximum Gasteiger partial charge on any atom is 0.240 e. The second-order valence-corrected chi connectivity index (χ2v) is 7.00. The van der Waals surface area contributed by atoms with Gasteiger partial charge in [0.05, 0.1) is 12.5 Å². The monoisotopic (exact) mass is 424 g/mol. The molecule has 0 saturated heterocycles. The van der Waals surface area contributed by atoms with E-state index in [9.17, 15) is 23.5 Å². The van der Waals surface area contributed by atoms with Crippen molar-refractivity contribution in [1.29, 1.82) is 0 Å². The SMILES string of the molecule is O=C(CN(C(=O)Cc1cc(F)cc(F)c1)c1ccccc1)NCC(O)c1ccccc1. The van der Waals surface area contributed by atoms with E-state index in [1.54, 1.807) is 54.6 Å². The molecule has 31 heavy (non-hydrogen) atoms. The summed E-state index contributed by atoms with van der Waals surface area (Å²) < 4.78 is 27.0. The number of rotatable bonds is 8. The molecule has 2 amide bonds. The van der Waals surface area contributed by atoms with Crippen LogP contribution in [0.15, 0.2) is 78.9 Å². The van der Waals surface area contributed by atoms with E-state index in [0.717, 1.165) is 18.2 Å². The number of nitrogens with zero attached hydrogens (tertiary/aromatic N) is 1. The molecule has 0 radical (unpaired) electrons. The molecule has 0 heterocycles. The molecule has 160 valence electrons. The van der Waals surface area contributed by atoms with E-state index in [1.165, 1.54) is 4.90 Å². The predicted octanol–water partition coefficient (Wildman–Crippen LogP) is 3.39. The van der Waals surface area contributed by atoms with Crippen LogP contribution in [0.4, 0.5) is 14.5 Å². The number of amides is 2. The van der Waals surface area contributed by atoms with Gasteiger partial charge in [-0.05, 0) is 35.4 Å². The molecule has 2 N–H and O–H groups in total. The minimum absolute atomic E-state index is 0.0191. The summed E-state index contributed by atoms with van der Waals surface area (Å²) in [5.41, 5.74) is 1.30. The summed E-state index contributed by atoms with van der Waals surface area (Å²) in [5, 5.41) is 12.8. The zero-order valence-corrected chi connectivity index (χ0v) is 16.7. The first-order valence-electron chi connectivity index (χ1n) is 9.72. The van der Waals surface area contributed by atoms with Gasteiger partial charge in [0.1, 0.15) is 18.2 Å². The smallest absolute Gasteiger partial charge is 0.240 e. The second kappa shape index (κ2) is 10.4. The normalized spacial score (nSPS) is 11.6. The van der Waals surface area contributed by atoms with Crippen molar-refractivity contribution in [3.63, 3.8) is 0 Å². The van der Waals surface area contributed by atoms with Gasteiger partial charge >= 0.3 is 0 Å². The largest absolute Gasteiger partial charge is 0.387 e. The van der Waals surface area contributed by atoms with E-state index >= 15 is 0 Å². The van der Waals surface area contributed by atoms with Crippen molar-refractivity contribution >= 4 is 17.5 Å². The highest BCUT2D eigenvalue weighted by Gasteiger charge is 2.20. The molecule has 3 aromatic rings. The number of aliphatic hydroxyl groups excluding tert-OH is 1. The van der Waals surface area contributed by atoms with Gasteiger partial charge in [0.15, 0.2) is 0 Å². The number of carbonyl (C=O) groups excluding carboxylic acids is 2. The molecule has 3 aromatic carbocycles. The Morgan fingerprint density at radius 2 is 1.48 bits per heavy atom. The molecule has 0 aliphatic carbocycles. The summed E-state index contributed by atoms with van der Waals surface area (Å²) in [6.45, 7) is -0.322. The number of para-hydroxylation sites is 1. The van der Waals surface area contributed by atoms with Crippen molar-refractivity contribution in [3.05, 3.63) is 102 Å². The summed E-state index contributed by atoms with van der Waals surface area (Å²) in [6, 6.07) is 20.3. The number of aliphatic hydroxyl groups is 1. The van der Waals surface area contributed by atoms with Gasteiger partial charge in [-0.25, -0.2) is 8.78 Å². The van der Waals surface area contributed by atoms with E-state index < -0.39 is 29.6 Å². The van der Waals surface area contributed by atoms with Crippen LogP contribution in [0.25, 0.3) is 0 Å². The van der Waals surface area contributed by atoms with Crippen LogP contribution >= 0.6 is 0 Å². The van der Waals surface area contributed by atoms with Crippen LogP contribution < -0.4 is 10.2 Å². The maximum absolute atomic E-state index is 13.5. The van der Waals surface area contributed by atoms with Crippen LogP contribution in [0.2, 0.25) is 0 Å². The van der Waals surface area contributed by atoms with Crippen LogP contribution in [0, 0.1) is 11.6 Å². The Kier molecular flexibility index (Phi) is 7.45. The average molecular weight is 424 g/mol. The highest BCUT2D eigenvalue weighted by Crippen LogP contribution is 2.17. The topological polar surface area (TPSA) is 69.6 Å². The summed E-state index contributed by atoms with van der Waals surface area (Å²) in [7, 11) is 0.